The van der Waals surface area contributed by atoms with Crippen molar-refractivity contribution >= 4 is 5.97 Å². The number of allylic oxidation sites excluding steroid dienone is 3. The number of dihydropyridines is 1. The number of carbonyl (C=O) groups is 1. The third-order valence-electron chi connectivity index (χ3n) is 3.46. The van der Waals surface area contributed by atoms with Gasteiger partial charge in [-0.1, -0.05) is 30.3 Å². The Morgan fingerprint density at radius 1 is 1.24 bits per heavy atom. The van der Waals surface area contributed by atoms with Crippen LogP contribution in [-0.4, -0.2) is 18.0 Å². The van der Waals surface area contributed by atoms with Crippen LogP contribution >= 0.6 is 0 Å². The smallest absolute Gasteiger partial charge is 0.336 e. The number of hydrogen-bond acceptors (Lipinski definition) is 5. The fraction of sp³-hybridized carbons (Fsp3) is 0.267. The summed E-state index contributed by atoms with van der Waals surface area (Å²) >= 11 is 0. The van der Waals surface area contributed by atoms with E-state index in [-0.39, 0.29) is 11.3 Å². The first-order chi connectivity index (χ1) is 9.97. The highest BCUT2D eigenvalue weighted by atomic mass is 16.6. The van der Waals surface area contributed by atoms with Gasteiger partial charge in [-0.3, -0.25) is 10.1 Å². The molecule has 1 aliphatic rings. The van der Waals surface area contributed by atoms with Gasteiger partial charge in [0, 0.05) is 5.70 Å². The van der Waals surface area contributed by atoms with E-state index in [0.29, 0.717) is 17.0 Å². The Hall–Kier alpha value is -2.63. The van der Waals surface area contributed by atoms with Crippen LogP contribution in [0.2, 0.25) is 0 Å². The fourth-order valence-corrected chi connectivity index (χ4v) is 2.58. The molecule has 0 saturated heterocycles. The van der Waals surface area contributed by atoms with Crippen molar-refractivity contribution < 1.29 is 14.5 Å². The first-order valence-corrected chi connectivity index (χ1v) is 6.43. The average Bonchev–Trinajstić information content (AvgIpc) is 2.46. The second-order valence-corrected chi connectivity index (χ2v) is 4.77. The normalized spacial score (nSPS) is 18.3. The SMILES string of the molecule is COC(=O)C1=C(C)NC(C)=C([N+](=O)[O-])C1c1ccccc1. The molecular weight excluding hydrogens is 272 g/mol. The van der Waals surface area contributed by atoms with Crippen molar-refractivity contribution in [2.45, 2.75) is 19.8 Å². The van der Waals surface area contributed by atoms with Crippen molar-refractivity contribution in [3.63, 3.8) is 0 Å². The minimum atomic E-state index is -0.741. The molecule has 0 fully saturated rings. The van der Waals surface area contributed by atoms with Crippen LogP contribution in [0.1, 0.15) is 25.3 Å². The summed E-state index contributed by atoms with van der Waals surface area (Å²) in [6.07, 6.45) is 0. The highest BCUT2D eigenvalue weighted by molar-refractivity contribution is 5.92. The number of nitro groups is 1. The van der Waals surface area contributed by atoms with Gasteiger partial charge in [-0.15, -0.1) is 0 Å². The number of esters is 1. The van der Waals surface area contributed by atoms with Crippen molar-refractivity contribution in [2.75, 3.05) is 7.11 Å². The van der Waals surface area contributed by atoms with Crippen molar-refractivity contribution in [3.8, 4) is 0 Å². The summed E-state index contributed by atoms with van der Waals surface area (Å²) in [6.45, 7) is 3.34. The maximum Gasteiger partial charge on any atom is 0.336 e. The number of ether oxygens (including phenoxy) is 1. The van der Waals surface area contributed by atoms with E-state index in [2.05, 4.69) is 5.32 Å². The van der Waals surface area contributed by atoms with E-state index in [9.17, 15) is 14.9 Å². The molecule has 0 bridgehead atoms. The summed E-state index contributed by atoms with van der Waals surface area (Å²) in [5, 5.41) is 14.3. The third-order valence-corrected chi connectivity index (χ3v) is 3.46. The zero-order valence-corrected chi connectivity index (χ0v) is 12.0. The molecule has 6 nitrogen and oxygen atoms in total. The average molecular weight is 288 g/mol. The standard InChI is InChI=1S/C15H16N2O4/c1-9-12(15(18)21-3)13(11-7-5-4-6-8-11)14(17(19)20)10(2)16-9/h4-8,13,16H,1-3H3. The van der Waals surface area contributed by atoms with Gasteiger partial charge >= 0.3 is 5.97 Å². The van der Waals surface area contributed by atoms with Crippen LogP contribution in [0, 0.1) is 10.1 Å². The van der Waals surface area contributed by atoms with Crippen molar-refractivity contribution in [1.82, 2.24) is 5.32 Å². The van der Waals surface area contributed by atoms with Crippen molar-refractivity contribution in [2.24, 2.45) is 0 Å². The number of nitrogens with one attached hydrogen (secondary N) is 1. The van der Waals surface area contributed by atoms with Crippen LogP contribution in [0.5, 0.6) is 0 Å². The molecule has 110 valence electrons. The molecular formula is C15H16N2O4. The predicted molar refractivity (Wildman–Crippen MR) is 76.7 cm³/mol. The molecule has 6 heteroatoms. The summed E-state index contributed by atoms with van der Waals surface area (Å²) in [7, 11) is 1.27. The monoisotopic (exact) mass is 288 g/mol. The number of methoxy groups -OCH3 is 1. The molecule has 0 aliphatic carbocycles. The molecule has 2 rings (SSSR count). The Balaban J connectivity index is 2.66. The lowest BCUT2D eigenvalue weighted by atomic mass is 9.84. The Bertz CT molecular complexity index is 647. The van der Waals surface area contributed by atoms with Gasteiger partial charge in [-0.05, 0) is 19.4 Å². The van der Waals surface area contributed by atoms with E-state index in [1.165, 1.54) is 7.11 Å². The molecule has 1 aromatic rings. The van der Waals surface area contributed by atoms with Gasteiger partial charge in [0.05, 0.1) is 23.3 Å². The summed E-state index contributed by atoms with van der Waals surface area (Å²) in [6, 6.07) is 8.93. The first kappa shape index (κ1) is 14.8. The molecule has 1 atom stereocenters. The van der Waals surface area contributed by atoms with Crippen molar-refractivity contribution in [1.29, 1.82) is 0 Å². The molecule has 1 N–H and O–H groups in total. The van der Waals surface area contributed by atoms with E-state index in [1.54, 1.807) is 38.1 Å². The Morgan fingerprint density at radius 2 is 1.86 bits per heavy atom. The Morgan fingerprint density at radius 3 is 2.38 bits per heavy atom. The highest BCUT2D eigenvalue weighted by Crippen LogP contribution is 2.38. The third kappa shape index (κ3) is 2.65. The topological polar surface area (TPSA) is 81.5 Å². The predicted octanol–water partition coefficient (Wildman–Crippen LogP) is 2.33. The second kappa shape index (κ2) is 5.78. The van der Waals surface area contributed by atoms with Gasteiger partial charge < -0.3 is 10.1 Å². The number of nitrogens with zero attached hydrogens (tertiary/aromatic N) is 1. The van der Waals surface area contributed by atoms with Crippen LogP contribution in [0.4, 0.5) is 0 Å². The largest absolute Gasteiger partial charge is 0.466 e. The van der Waals surface area contributed by atoms with E-state index in [4.69, 9.17) is 4.74 Å². The molecule has 21 heavy (non-hydrogen) atoms. The zero-order valence-electron chi connectivity index (χ0n) is 12.0. The van der Waals surface area contributed by atoms with E-state index >= 15 is 0 Å². The second-order valence-electron chi connectivity index (χ2n) is 4.77. The minimum absolute atomic E-state index is 0.0350. The lowest BCUT2D eigenvalue weighted by molar-refractivity contribution is -0.431. The number of carbonyl (C=O) groups excluding carboxylic acids is 1. The van der Waals surface area contributed by atoms with Gasteiger partial charge in [0.15, 0.2) is 0 Å². The van der Waals surface area contributed by atoms with Gasteiger partial charge in [0.25, 0.3) is 5.70 Å². The van der Waals surface area contributed by atoms with Gasteiger partial charge in [0.1, 0.15) is 5.92 Å². The lowest BCUT2D eigenvalue weighted by Crippen LogP contribution is -2.31. The van der Waals surface area contributed by atoms with Crippen LogP contribution in [0.25, 0.3) is 0 Å². The van der Waals surface area contributed by atoms with Crippen molar-refractivity contribution in [3.05, 3.63) is 68.7 Å². The van der Waals surface area contributed by atoms with E-state index < -0.39 is 16.8 Å². The van der Waals surface area contributed by atoms with Crippen LogP contribution < -0.4 is 5.32 Å². The molecule has 1 aliphatic heterocycles. The van der Waals surface area contributed by atoms with Gasteiger partial charge in [-0.2, -0.15) is 0 Å². The maximum absolute atomic E-state index is 12.1. The minimum Gasteiger partial charge on any atom is -0.466 e. The zero-order chi connectivity index (χ0) is 15.6. The summed E-state index contributed by atoms with van der Waals surface area (Å²) < 4.78 is 4.79. The molecule has 0 spiro atoms. The van der Waals surface area contributed by atoms with Crippen LogP contribution in [0.15, 0.2) is 53.0 Å². The summed E-state index contributed by atoms with van der Waals surface area (Å²) in [5.41, 5.74) is 1.91. The Labute approximate surface area is 122 Å². The van der Waals surface area contributed by atoms with Crippen LogP contribution in [-0.2, 0) is 9.53 Å². The highest BCUT2D eigenvalue weighted by Gasteiger charge is 2.40. The quantitative estimate of drug-likeness (QED) is 0.524. The molecule has 0 aromatic heterocycles. The number of benzene rings is 1. The van der Waals surface area contributed by atoms with E-state index in [1.807, 2.05) is 6.07 Å². The first-order valence-electron chi connectivity index (χ1n) is 6.43. The summed E-state index contributed by atoms with van der Waals surface area (Å²) in [4.78, 5) is 23.1. The number of rotatable bonds is 3. The van der Waals surface area contributed by atoms with E-state index in [0.717, 1.165) is 0 Å². The lowest BCUT2D eigenvalue weighted by Gasteiger charge is -2.26. The van der Waals surface area contributed by atoms with Crippen LogP contribution in [0.3, 0.4) is 0 Å². The maximum atomic E-state index is 12.1. The molecule has 1 heterocycles. The molecule has 0 radical (unpaired) electrons. The molecule has 0 saturated carbocycles. The van der Waals surface area contributed by atoms with Gasteiger partial charge in [0.2, 0.25) is 0 Å². The molecule has 1 aromatic carbocycles. The summed E-state index contributed by atoms with van der Waals surface area (Å²) in [5.74, 6) is -1.31. The molecule has 1 unspecified atom stereocenters. The molecule has 0 amide bonds. The number of hydrogen-bond donors (Lipinski definition) is 1. The fourth-order valence-electron chi connectivity index (χ4n) is 2.58. The Kier molecular flexibility index (Phi) is 4.07. The van der Waals surface area contributed by atoms with Gasteiger partial charge in [-0.25, -0.2) is 4.79 Å².